The summed E-state index contributed by atoms with van der Waals surface area (Å²) >= 11 is 0. The third-order valence-electron chi connectivity index (χ3n) is 3.10. The highest BCUT2D eigenvalue weighted by molar-refractivity contribution is 5.89. The number of nitrogens with one attached hydrogen (secondary N) is 2. The Morgan fingerprint density at radius 1 is 1.04 bits per heavy atom. The normalized spacial score (nSPS) is 10.1. The Hall–Kier alpha value is -2.83. The Morgan fingerprint density at radius 2 is 1.70 bits per heavy atom. The highest BCUT2D eigenvalue weighted by Gasteiger charge is 2.12. The predicted octanol–water partition coefficient (Wildman–Crippen LogP) is 3.30. The topological polar surface area (TPSA) is 59.6 Å². The van der Waals surface area contributed by atoms with Crippen molar-refractivity contribution in [3.8, 4) is 11.5 Å². The van der Waals surface area contributed by atoms with Crippen molar-refractivity contribution in [2.75, 3.05) is 19.5 Å². The molecular weight excluding hydrogens is 306 g/mol. The predicted molar refractivity (Wildman–Crippen MR) is 81.8 cm³/mol. The molecule has 2 rings (SSSR count). The fourth-order valence-electron chi connectivity index (χ4n) is 1.95. The van der Waals surface area contributed by atoms with Gasteiger partial charge in [0.25, 0.3) is 0 Å². The van der Waals surface area contributed by atoms with Gasteiger partial charge in [-0.1, -0.05) is 12.1 Å². The van der Waals surface area contributed by atoms with Crippen molar-refractivity contribution in [3.63, 3.8) is 0 Å². The van der Waals surface area contributed by atoms with E-state index in [4.69, 9.17) is 9.47 Å². The zero-order valence-corrected chi connectivity index (χ0v) is 12.7. The Kier molecular flexibility index (Phi) is 5.35. The number of carbonyl (C=O) groups is 1. The van der Waals surface area contributed by atoms with Crippen molar-refractivity contribution in [2.24, 2.45) is 0 Å². The molecule has 0 aliphatic carbocycles. The summed E-state index contributed by atoms with van der Waals surface area (Å²) in [6, 6.07) is 7.76. The summed E-state index contributed by atoms with van der Waals surface area (Å²) in [5.74, 6) is -0.598. The lowest BCUT2D eigenvalue weighted by atomic mass is 10.2. The molecule has 2 N–H and O–H groups in total. The van der Waals surface area contributed by atoms with E-state index < -0.39 is 23.4 Å². The molecule has 0 bridgehead atoms. The van der Waals surface area contributed by atoms with Crippen molar-refractivity contribution >= 4 is 11.7 Å². The van der Waals surface area contributed by atoms with E-state index >= 15 is 0 Å². The summed E-state index contributed by atoms with van der Waals surface area (Å²) in [5, 5.41) is 4.65. The quantitative estimate of drug-likeness (QED) is 0.888. The monoisotopic (exact) mass is 322 g/mol. The summed E-state index contributed by atoms with van der Waals surface area (Å²) in [6.07, 6.45) is 0. The molecule has 0 heterocycles. The smallest absolute Gasteiger partial charge is 0.319 e. The van der Waals surface area contributed by atoms with Crippen LogP contribution in [0.3, 0.4) is 0 Å². The number of urea groups is 1. The van der Waals surface area contributed by atoms with Gasteiger partial charge < -0.3 is 20.1 Å². The van der Waals surface area contributed by atoms with E-state index in [1.807, 2.05) is 0 Å². The van der Waals surface area contributed by atoms with Crippen LogP contribution >= 0.6 is 0 Å². The number of hydrogen-bond acceptors (Lipinski definition) is 3. The summed E-state index contributed by atoms with van der Waals surface area (Å²) in [5.41, 5.74) is 0.254. The fourth-order valence-corrected chi connectivity index (χ4v) is 1.95. The van der Waals surface area contributed by atoms with Crippen LogP contribution in [0.5, 0.6) is 11.5 Å². The van der Waals surface area contributed by atoms with Gasteiger partial charge in [0.15, 0.2) is 11.5 Å². The summed E-state index contributed by atoms with van der Waals surface area (Å²) in [4.78, 5) is 11.8. The number of benzene rings is 2. The van der Waals surface area contributed by atoms with Gasteiger partial charge in [0, 0.05) is 6.54 Å². The molecule has 0 aliphatic rings. The van der Waals surface area contributed by atoms with Crippen LogP contribution in [-0.2, 0) is 6.54 Å². The molecule has 0 aromatic heterocycles. The molecule has 0 saturated carbocycles. The van der Waals surface area contributed by atoms with E-state index in [2.05, 4.69) is 10.6 Å². The lowest BCUT2D eigenvalue weighted by molar-refractivity contribution is 0.251. The molecule has 122 valence electrons. The van der Waals surface area contributed by atoms with Gasteiger partial charge in [0.2, 0.25) is 0 Å². The Balaban J connectivity index is 1.99. The summed E-state index contributed by atoms with van der Waals surface area (Å²) in [7, 11) is 3.02. The number of amides is 2. The zero-order chi connectivity index (χ0) is 16.8. The maximum absolute atomic E-state index is 13.4. The molecule has 0 aliphatic heterocycles. The van der Waals surface area contributed by atoms with Crippen LogP contribution in [0, 0.1) is 11.6 Å². The average molecular weight is 322 g/mol. The molecule has 0 saturated heterocycles. The second kappa shape index (κ2) is 7.44. The Labute approximate surface area is 132 Å². The first-order valence-corrected chi connectivity index (χ1v) is 6.75. The summed E-state index contributed by atoms with van der Waals surface area (Å²) < 4.78 is 37.2. The highest BCUT2D eigenvalue weighted by atomic mass is 19.1. The minimum Gasteiger partial charge on any atom is -0.493 e. The van der Waals surface area contributed by atoms with Crippen molar-refractivity contribution in [3.05, 3.63) is 53.6 Å². The molecule has 23 heavy (non-hydrogen) atoms. The second-order valence-electron chi connectivity index (χ2n) is 4.59. The lowest BCUT2D eigenvalue weighted by Crippen LogP contribution is -2.29. The van der Waals surface area contributed by atoms with Gasteiger partial charge in [-0.15, -0.1) is 0 Å². The highest BCUT2D eigenvalue weighted by Crippen LogP contribution is 2.27. The molecule has 5 nitrogen and oxygen atoms in total. The maximum Gasteiger partial charge on any atom is 0.319 e. The van der Waals surface area contributed by atoms with Gasteiger partial charge in [0.05, 0.1) is 14.2 Å². The number of ether oxygens (including phenoxy) is 2. The fraction of sp³-hybridized carbons (Fsp3) is 0.188. The van der Waals surface area contributed by atoms with Crippen molar-refractivity contribution in [1.82, 2.24) is 5.32 Å². The number of carbonyl (C=O) groups excluding carboxylic acids is 1. The van der Waals surface area contributed by atoms with Crippen molar-refractivity contribution < 1.29 is 23.0 Å². The number of rotatable bonds is 5. The third kappa shape index (κ3) is 4.09. The summed E-state index contributed by atoms with van der Waals surface area (Å²) in [6.45, 7) is 0.155. The van der Waals surface area contributed by atoms with Gasteiger partial charge in [-0.2, -0.15) is 0 Å². The van der Waals surface area contributed by atoms with Crippen LogP contribution in [0.15, 0.2) is 36.4 Å². The van der Waals surface area contributed by atoms with E-state index in [9.17, 15) is 13.6 Å². The minimum absolute atomic E-state index is 0.155. The second-order valence-corrected chi connectivity index (χ2v) is 4.59. The average Bonchev–Trinajstić information content (AvgIpc) is 2.56. The molecule has 7 heteroatoms. The molecule has 0 spiro atoms. The van der Waals surface area contributed by atoms with E-state index in [1.54, 1.807) is 18.2 Å². The molecule has 0 unspecified atom stereocenters. The lowest BCUT2D eigenvalue weighted by Gasteiger charge is -2.11. The van der Waals surface area contributed by atoms with Gasteiger partial charge in [-0.05, 0) is 29.8 Å². The molecule has 0 fully saturated rings. The van der Waals surface area contributed by atoms with E-state index in [-0.39, 0.29) is 6.54 Å². The van der Waals surface area contributed by atoms with Crippen LogP contribution in [-0.4, -0.2) is 20.3 Å². The molecule has 0 radical (unpaired) electrons. The molecule has 2 aromatic rings. The first-order chi connectivity index (χ1) is 11.0. The number of halogens is 2. The van der Waals surface area contributed by atoms with Crippen LogP contribution in [0.1, 0.15) is 5.56 Å². The Morgan fingerprint density at radius 3 is 2.30 bits per heavy atom. The van der Waals surface area contributed by atoms with Crippen molar-refractivity contribution in [1.29, 1.82) is 0 Å². The standard InChI is InChI=1S/C16H16F2N2O3/c1-22-13-7-6-10(8-14(13)23-2)9-19-16(21)20-15-11(17)4-3-5-12(15)18/h3-8H,9H2,1-2H3,(H2,19,20,21). The molecule has 2 aromatic carbocycles. The van der Waals surface area contributed by atoms with Gasteiger partial charge in [0.1, 0.15) is 17.3 Å². The van der Waals surface area contributed by atoms with Crippen molar-refractivity contribution in [2.45, 2.75) is 6.54 Å². The van der Waals surface area contributed by atoms with Crippen LogP contribution < -0.4 is 20.1 Å². The number of hydrogen-bond donors (Lipinski definition) is 2. The first-order valence-electron chi connectivity index (χ1n) is 6.75. The number of methoxy groups -OCH3 is 2. The molecule has 2 amide bonds. The number of para-hydroxylation sites is 1. The molecular formula is C16H16F2N2O3. The maximum atomic E-state index is 13.4. The minimum atomic E-state index is -0.841. The first kappa shape index (κ1) is 16.5. The van der Waals surface area contributed by atoms with Crippen LogP contribution in [0.2, 0.25) is 0 Å². The van der Waals surface area contributed by atoms with Gasteiger partial charge in [-0.3, -0.25) is 0 Å². The Bertz CT molecular complexity index is 687. The van der Waals surface area contributed by atoms with Gasteiger partial charge in [-0.25, -0.2) is 13.6 Å². The largest absolute Gasteiger partial charge is 0.493 e. The zero-order valence-electron chi connectivity index (χ0n) is 12.7. The van der Waals surface area contributed by atoms with Crippen LogP contribution in [0.25, 0.3) is 0 Å². The van der Waals surface area contributed by atoms with Gasteiger partial charge >= 0.3 is 6.03 Å². The molecule has 0 atom stereocenters. The number of anilines is 1. The van der Waals surface area contributed by atoms with Crippen LogP contribution in [0.4, 0.5) is 19.3 Å². The SMILES string of the molecule is COc1ccc(CNC(=O)Nc2c(F)cccc2F)cc1OC. The third-order valence-corrected chi connectivity index (χ3v) is 3.10. The van der Waals surface area contributed by atoms with E-state index in [0.29, 0.717) is 11.5 Å². The van der Waals surface area contributed by atoms with E-state index in [1.165, 1.54) is 20.3 Å². The van der Waals surface area contributed by atoms with E-state index in [0.717, 1.165) is 17.7 Å².